The summed E-state index contributed by atoms with van der Waals surface area (Å²) in [5, 5.41) is 0. The van der Waals surface area contributed by atoms with Gasteiger partial charge in [0.15, 0.2) is 0 Å². The molecule has 0 heterocycles. The molecule has 0 aromatic rings. The van der Waals surface area contributed by atoms with Gasteiger partial charge in [0.25, 0.3) is 0 Å². The van der Waals surface area contributed by atoms with Crippen molar-refractivity contribution in [3.63, 3.8) is 0 Å². The summed E-state index contributed by atoms with van der Waals surface area (Å²) < 4.78 is 22.9. The van der Waals surface area contributed by atoms with Gasteiger partial charge in [-0.25, -0.2) is 0 Å². The molecule has 5 heteroatoms. The van der Waals surface area contributed by atoms with Crippen LogP contribution < -0.4 is 0 Å². The van der Waals surface area contributed by atoms with Gasteiger partial charge >= 0.3 is 8.80 Å². The van der Waals surface area contributed by atoms with E-state index >= 15 is 0 Å². The lowest BCUT2D eigenvalue weighted by Gasteiger charge is -2.28. The van der Waals surface area contributed by atoms with Crippen LogP contribution in [-0.2, 0) is 18.0 Å². The van der Waals surface area contributed by atoms with Gasteiger partial charge in [0.1, 0.15) is 0 Å². The van der Waals surface area contributed by atoms with Crippen molar-refractivity contribution in [2.24, 2.45) is 0 Å². The summed E-state index contributed by atoms with van der Waals surface area (Å²) in [4.78, 5) is 0. The topological polar surface area (TPSA) is 36.9 Å². The average molecular weight is 307 g/mol. The highest BCUT2D eigenvalue weighted by Gasteiger charge is 2.39. The van der Waals surface area contributed by atoms with Gasteiger partial charge in [-0.3, -0.25) is 0 Å². The molecule has 0 saturated heterocycles. The molecule has 0 saturated carbocycles. The van der Waals surface area contributed by atoms with Crippen LogP contribution in [0.3, 0.4) is 0 Å². The SMILES string of the molecule is CCOCCCCCCC[Si](OCC)(OCC)OCC. The van der Waals surface area contributed by atoms with E-state index in [9.17, 15) is 0 Å². The molecule has 0 spiro atoms. The molecule has 0 aliphatic carbocycles. The highest BCUT2D eigenvalue weighted by Crippen LogP contribution is 2.20. The van der Waals surface area contributed by atoms with E-state index in [2.05, 4.69) is 0 Å². The van der Waals surface area contributed by atoms with E-state index in [-0.39, 0.29) is 0 Å². The average Bonchev–Trinajstić information content (AvgIpc) is 2.43. The second kappa shape index (κ2) is 14.0. The number of unbranched alkanes of at least 4 members (excludes halogenated alkanes) is 4. The van der Waals surface area contributed by atoms with Crippen molar-refractivity contribution in [2.45, 2.75) is 65.8 Å². The smallest absolute Gasteiger partial charge is 0.382 e. The molecule has 0 N–H and O–H groups in total. The van der Waals surface area contributed by atoms with Gasteiger partial charge in [-0.15, -0.1) is 0 Å². The third-order valence-electron chi connectivity index (χ3n) is 3.07. The molecule has 0 aliphatic heterocycles. The Bertz CT molecular complexity index is 185. The van der Waals surface area contributed by atoms with Crippen molar-refractivity contribution in [1.29, 1.82) is 0 Å². The number of hydrogen-bond acceptors (Lipinski definition) is 4. The van der Waals surface area contributed by atoms with Crippen LogP contribution in [0.2, 0.25) is 6.04 Å². The van der Waals surface area contributed by atoms with Gasteiger partial charge in [0.2, 0.25) is 0 Å². The zero-order valence-electron chi connectivity index (χ0n) is 13.9. The van der Waals surface area contributed by atoms with Crippen LogP contribution in [0, 0.1) is 0 Å². The number of rotatable bonds is 15. The molecule has 0 rings (SSSR count). The molecule has 0 radical (unpaired) electrons. The molecule has 122 valence electrons. The minimum atomic E-state index is -2.40. The Morgan fingerprint density at radius 3 is 1.60 bits per heavy atom. The first-order valence-electron chi connectivity index (χ1n) is 8.24. The lowest BCUT2D eigenvalue weighted by Crippen LogP contribution is -2.45. The summed E-state index contributed by atoms with van der Waals surface area (Å²) in [6.07, 6.45) is 6.00. The van der Waals surface area contributed by atoms with Crippen LogP contribution in [0.25, 0.3) is 0 Å². The first-order chi connectivity index (χ1) is 9.74. The summed E-state index contributed by atoms with van der Waals surface area (Å²) in [6.45, 7) is 11.8. The molecular formula is C15H34O4Si. The summed E-state index contributed by atoms with van der Waals surface area (Å²) >= 11 is 0. The molecule has 0 aromatic heterocycles. The monoisotopic (exact) mass is 306 g/mol. The number of ether oxygens (including phenoxy) is 1. The zero-order valence-corrected chi connectivity index (χ0v) is 14.9. The van der Waals surface area contributed by atoms with E-state index in [1.165, 1.54) is 25.7 Å². The van der Waals surface area contributed by atoms with Crippen LogP contribution in [0.15, 0.2) is 0 Å². The Balaban J connectivity index is 3.82. The molecular weight excluding hydrogens is 272 g/mol. The summed E-state index contributed by atoms with van der Waals surface area (Å²) in [5.41, 5.74) is 0. The van der Waals surface area contributed by atoms with Crippen LogP contribution in [0.5, 0.6) is 0 Å². The highest BCUT2D eigenvalue weighted by molar-refractivity contribution is 6.60. The quantitative estimate of drug-likeness (QED) is 0.338. The van der Waals surface area contributed by atoms with Gasteiger partial charge in [-0.05, 0) is 40.5 Å². The molecule has 0 fully saturated rings. The Morgan fingerprint density at radius 2 is 1.10 bits per heavy atom. The molecule has 0 aromatic carbocycles. The van der Waals surface area contributed by atoms with Crippen LogP contribution in [0.4, 0.5) is 0 Å². The van der Waals surface area contributed by atoms with Gasteiger partial charge in [0.05, 0.1) is 0 Å². The van der Waals surface area contributed by atoms with Crippen LogP contribution >= 0.6 is 0 Å². The van der Waals surface area contributed by atoms with Gasteiger partial charge < -0.3 is 18.0 Å². The lowest BCUT2D eigenvalue weighted by atomic mass is 10.2. The predicted molar refractivity (Wildman–Crippen MR) is 85.0 cm³/mol. The molecule has 0 atom stereocenters. The Hall–Kier alpha value is 0.0569. The van der Waals surface area contributed by atoms with E-state index < -0.39 is 8.80 Å². The van der Waals surface area contributed by atoms with Crippen molar-refractivity contribution in [2.75, 3.05) is 33.0 Å². The fourth-order valence-corrected chi connectivity index (χ4v) is 4.91. The lowest BCUT2D eigenvalue weighted by molar-refractivity contribution is 0.0706. The minimum Gasteiger partial charge on any atom is -0.382 e. The van der Waals surface area contributed by atoms with E-state index in [4.69, 9.17) is 18.0 Å². The molecule has 0 amide bonds. The molecule has 0 aliphatic rings. The maximum atomic E-state index is 5.84. The van der Waals surface area contributed by atoms with Gasteiger partial charge in [-0.1, -0.05) is 19.3 Å². The largest absolute Gasteiger partial charge is 0.500 e. The fraction of sp³-hybridized carbons (Fsp3) is 1.00. The standard InChI is InChI=1S/C15H34O4Si/c1-5-16-14-12-10-9-11-13-15-20(17-6-2,18-7-3)19-8-4/h5-15H2,1-4H3. The molecule has 4 nitrogen and oxygen atoms in total. The van der Waals surface area contributed by atoms with Crippen molar-refractivity contribution in [3.05, 3.63) is 0 Å². The second-order valence-electron chi connectivity index (χ2n) is 4.70. The Kier molecular flexibility index (Phi) is 14.1. The summed E-state index contributed by atoms with van der Waals surface area (Å²) in [6, 6.07) is 0.938. The zero-order chi connectivity index (χ0) is 15.1. The van der Waals surface area contributed by atoms with E-state index in [1.54, 1.807) is 0 Å². The van der Waals surface area contributed by atoms with Crippen molar-refractivity contribution < 1.29 is 18.0 Å². The normalized spacial score (nSPS) is 12.0. The third kappa shape index (κ3) is 9.88. The fourth-order valence-electron chi connectivity index (χ4n) is 2.22. The van der Waals surface area contributed by atoms with Crippen LogP contribution in [0.1, 0.15) is 59.8 Å². The van der Waals surface area contributed by atoms with Crippen LogP contribution in [-0.4, -0.2) is 41.8 Å². The van der Waals surface area contributed by atoms with Crippen molar-refractivity contribution in [1.82, 2.24) is 0 Å². The van der Waals surface area contributed by atoms with Gasteiger partial charge in [-0.2, -0.15) is 0 Å². The van der Waals surface area contributed by atoms with Crippen molar-refractivity contribution >= 4 is 8.80 Å². The highest BCUT2D eigenvalue weighted by atomic mass is 28.4. The number of hydrogen-bond donors (Lipinski definition) is 0. The van der Waals surface area contributed by atoms with Crippen molar-refractivity contribution in [3.8, 4) is 0 Å². The Morgan fingerprint density at radius 1 is 0.600 bits per heavy atom. The summed E-state index contributed by atoms with van der Waals surface area (Å²) in [5.74, 6) is 0. The minimum absolute atomic E-state index is 0.667. The van der Waals surface area contributed by atoms with Gasteiger partial charge in [0, 0.05) is 39.1 Å². The molecule has 0 bridgehead atoms. The third-order valence-corrected chi connectivity index (χ3v) is 6.22. The van der Waals surface area contributed by atoms with E-state index in [1.807, 2.05) is 27.7 Å². The maximum Gasteiger partial charge on any atom is 0.500 e. The molecule has 0 unspecified atom stereocenters. The Labute approximate surface area is 126 Å². The van der Waals surface area contributed by atoms with E-state index in [0.29, 0.717) is 19.8 Å². The summed E-state index contributed by atoms with van der Waals surface area (Å²) in [7, 11) is -2.40. The second-order valence-corrected chi connectivity index (χ2v) is 7.43. The predicted octanol–water partition coefficient (Wildman–Crippen LogP) is 4.02. The first kappa shape index (κ1) is 20.1. The molecule has 20 heavy (non-hydrogen) atoms. The van der Waals surface area contributed by atoms with E-state index in [0.717, 1.165) is 25.7 Å². The first-order valence-corrected chi connectivity index (χ1v) is 10.2. The maximum absolute atomic E-state index is 5.84.